The van der Waals surface area contributed by atoms with Crippen LogP contribution in [0.5, 0.6) is 5.75 Å². The Bertz CT molecular complexity index is 840. The van der Waals surface area contributed by atoms with Gasteiger partial charge in [0.15, 0.2) is 6.10 Å². The molecule has 0 bridgehead atoms. The molecule has 2 aromatic carbocycles. The zero-order chi connectivity index (χ0) is 19.8. The van der Waals surface area contributed by atoms with Crippen molar-refractivity contribution in [2.75, 3.05) is 19.0 Å². The summed E-state index contributed by atoms with van der Waals surface area (Å²) in [5.74, 6) is -1.95. The maximum Gasteiger partial charge on any atom is 0.326 e. The van der Waals surface area contributed by atoms with Gasteiger partial charge >= 0.3 is 5.97 Å². The lowest BCUT2D eigenvalue weighted by Crippen LogP contribution is -2.35. The Balaban J connectivity index is 1.82. The van der Waals surface area contributed by atoms with Crippen LogP contribution in [-0.4, -0.2) is 37.5 Å². The van der Waals surface area contributed by atoms with Gasteiger partial charge in [-0.25, -0.2) is 4.39 Å². The van der Waals surface area contributed by atoms with Crippen LogP contribution in [0.2, 0.25) is 0 Å². The van der Waals surface area contributed by atoms with Crippen molar-refractivity contribution in [3.8, 4) is 5.75 Å². The maximum atomic E-state index is 13.1. The molecule has 0 spiro atoms. The molecule has 0 saturated heterocycles. The highest BCUT2D eigenvalue weighted by Gasteiger charge is 2.19. The van der Waals surface area contributed by atoms with Gasteiger partial charge in [-0.3, -0.25) is 14.4 Å². The number of carbonyl (C=O) groups is 3. The molecule has 0 heterocycles. The second-order valence-electron chi connectivity index (χ2n) is 5.55. The van der Waals surface area contributed by atoms with Gasteiger partial charge in [0.25, 0.3) is 11.8 Å². The predicted octanol–water partition coefficient (Wildman–Crippen LogP) is 2.13. The number of methoxy groups -OCH3 is 1. The third kappa shape index (κ3) is 6.10. The van der Waals surface area contributed by atoms with E-state index in [9.17, 15) is 18.8 Å². The number of rotatable bonds is 7. The molecular weight excluding hydrogens is 355 g/mol. The van der Waals surface area contributed by atoms with Gasteiger partial charge in [0.1, 0.15) is 18.1 Å². The predicted molar refractivity (Wildman–Crippen MR) is 95.9 cm³/mol. The van der Waals surface area contributed by atoms with Crippen molar-refractivity contribution in [1.29, 1.82) is 0 Å². The van der Waals surface area contributed by atoms with E-state index in [1.807, 2.05) is 0 Å². The fourth-order valence-corrected chi connectivity index (χ4v) is 2.12. The molecule has 2 rings (SSSR count). The van der Waals surface area contributed by atoms with Crippen LogP contribution < -0.4 is 15.4 Å². The fourth-order valence-electron chi connectivity index (χ4n) is 2.12. The van der Waals surface area contributed by atoms with Gasteiger partial charge in [0.2, 0.25) is 0 Å². The summed E-state index contributed by atoms with van der Waals surface area (Å²) in [6, 6.07) is 11.7. The van der Waals surface area contributed by atoms with Gasteiger partial charge in [-0.05, 0) is 37.3 Å². The van der Waals surface area contributed by atoms with Crippen molar-refractivity contribution in [1.82, 2.24) is 5.32 Å². The molecule has 8 heteroatoms. The van der Waals surface area contributed by atoms with Crippen LogP contribution in [0, 0.1) is 5.82 Å². The molecule has 0 aliphatic heterocycles. The van der Waals surface area contributed by atoms with Crippen LogP contribution in [0.15, 0.2) is 48.5 Å². The number of hydrogen-bond donors (Lipinski definition) is 2. The first-order chi connectivity index (χ1) is 12.9. The number of hydrogen-bond acceptors (Lipinski definition) is 5. The van der Waals surface area contributed by atoms with Gasteiger partial charge in [-0.2, -0.15) is 0 Å². The topological polar surface area (TPSA) is 93.7 Å². The largest absolute Gasteiger partial charge is 0.497 e. The number of halogens is 1. The van der Waals surface area contributed by atoms with E-state index in [0.717, 1.165) is 6.07 Å². The number of esters is 1. The van der Waals surface area contributed by atoms with Gasteiger partial charge in [0, 0.05) is 17.3 Å². The first-order valence-corrected chi connectivity index (χ1v) is 8.07. The average molecular weight is 374 g/mol. The molecule has 0 radical (unpaired) electrons. The Morgan fingerprint density at radius 1 is 1.11 bits per heavy atom. The van der Waals surface area contributed by atoms with Crippen LogP contribution in [0.3, 0.4) is 0 Å². The minimum atomic E-state index is -1.07. The Hall–Kier alpha value is -3.42. The Kier molecular flexibility index (Phi) is 6.87. The zero-order valence-corrected chi connectivity index (χ0v) is 14.8. The monoisotopic (exact) mass is 374 g/mol. The van der Waals surface area contributed by atoms with Crippen LogP contribution >= 0.6 is 0 Å². The van der Waals surface area contributed by atoms with E-state index < -0.39 is 36.2 Å². The number of amides is 2. The van der Waals surface area contributed by atoms with Crippen LogP contribution in [-0.2, 0) is 14.3 Å². The van der Waals surface area contributed by atoms with Crippen LogP contribution in [0.25, 0.3) is 0 Å². The molecule has 27 heavy (non-hydrogen) atoms. The van der Waals surface area contributed by atoms with Crippen molar-refractivity contribution in [3.05, 3.63) is 59.9 Å². The Morgan fingerprint density at radius 2 is 1.85 bits per heavy atom. The third-order valence-electron chi connectivity index (χ3n) is 3.49. The van der Waals surface area contributed by atoms with Gasteiger partial charge in [0.05, 0.1) is 7.11 Å². The van der Waals surface area contributed by atoms with E-state index in [-0.39, 0.29) is 5.56 Å². The Morgan fingerprint density at radius 3 is 2.56 bits per heavy atom. The molecule has 0 aromatic heterocycles. The molecule has 7 nitrogen and oxygen atoms in total. The summed E-state index contributed by atoms with van der Waals surface area (Å²) >= 11 is 0. The molecule has 0 aliphatic carbocycles. The number of ether oxygens (including phenoxy) is 2. The Labute approximate surface area is 155 Å². The van der Waals surface area contributed by atoms with Crippen molar-refractivity contribution >= 4 is 23.5 Å². The molecule has 0 fully saturated rings. The lowest BCUT2D eigenvalue weighted by molar-refractivity contribution is -0.152. The molecule has 2 N–H and O–H groups in total. The van der Waals surface area contributed by atoms with Crippen molar-refractivity contribution < 1.29 is 28.2 Å². The lowest BCUT2D eigenvalue weighted by atomic mass is 10.2. The molecule has 2 aromatic rings. The van der Waals surface area contributed by atoms with Crippen molar-refractivity contribution in [3.63, 3.8) is 0 Å². The number of anilines is 1. The minimum absolute atomic E-state index is 0.0756. The summed E-state index contributed by atoms with van der Waals surface area (Å²) in [6.45, 7) is 0.952. The molecule has 0 aliphatic rings. The normalized spacial score (nSPS) is 11.2. The van der Waals surface area contributed by atoms with Crippen LogP contribution in [0.4, 0.5) is 10.1 Å². The smallest absolute Gasteiger partial charge is 0.326 e. The zero-order valence-electron chi connectivity index (χ0n) is 14.8. The lowest BCUT2D eigenvalue weighted by Gasteiger charge is -2.14. The standard InChI is InChI=1S/C19H19FN2O5/c1-12(18(24)22-15-7-4-8-16(10-15)26-2)27-17(23)11-21-19(25)13-5-3-6-14(20)9-13/h3-10,12H,11H2,1-2H3,(H,21,25)(H,22,24)/t12-/m1/s1. The van der Waals surface area contributed by atoms with Crippen LogP contribution in [0.1, 0.15) is 17.3 Å². The molecule has 2 amide bonds. The summed E-state index contributed by atoms with van der Waals surface area (Å²) in [7, 11) is 1.50. The maximum absolute atomic E-state index is 13.1. The van der Waals surface area contributed by atoms with E-state index in [0.29, 0.717) is 11.4 Å². The van der Waals surface area contributed by atoms with Gasteiger partial charge < -0.3 is 20.1 Å². The quantitative estimate of drug-likeness (QED) is 0.724. The van der Waals surface area contributed by atoms with Gasteiger partial charge in [-0.15, -0.1) is 0 Å². The minimum Gasteiger partial charge on any atom is -0.497 e. The highest BCUT2D eigenvalue weighted by molar-refractivity contribution is 5.97. The first kappa shape index (κ1) is 19.9. The van der Waals surface area contributed by atoms with E-state index in [4.69, 9.17) is 9.47 Å². The summed E-state index contributed by atoms with van der Waals surface area (Å²) < 4.78 is 23.1. The number of carbonyl (C=O) groups excluding carboxylic acids is 3. The summed E-state index contributed by atoms with van der Waals surface area (Å²) in [5, 5.41) is 4.90. The van der Waals surface area contributed by atoms with E-state index in [1.54, 1.807) is 24.3 Å². The van der Waals surface area contributed by atoms with E-state index in [2.05, 4.69) is 10.6 Å². The van der Waals surface area contributed by atoms with E-state index >= 15 is 0 Å². The second-order valence-corrected chi connectivity index (χ2v) is 5.55. The highest BCUT2D eigenvalue weighted by Crippen LogP contribution is 2.17. The van der Waals surface area contributed by atoms with Crippen molar-refractivity contribution in [2.45, 2.75) is 13.0 Å². The molecular formula is C19H19FN2O5. The molecule has 0 unspecified atom stereocenters. The molecule has 1 atom stereocenters. The molecule has 142 valence electrons. The number of nitrogens with one attached hydrogen (secondary N) is 2. The SMILES string of the molecule is COc1cccc(NC(=O)[C@@H](C)OC(=O)CNC(=O)c2cccc(F)c2)c1. The van der Waals surface area contributed by atoms with E-state index in [1.165, 1.54) is 32.2 Å². The summed E-state index contributed by atoms with van der Waals surface area (Å²) in [5.41, 5.74) is 0.563. The summed E-state index contributed by atoms with van der Waals surface area (Å²) in [4.78, 5) is 35.7. The average Bonchev–Trinajstić information content (AvgIpc) is 2.66. The third-order valence-corrected chi connectivity index (χ3v) is 3.49. The highest BCUT2D eigenvalue weighted by atomic mass is 19.1. The van der Waals surface area contributed by atoms with Crippen molar-refractivity contribution in [2.24, 2.45) is 0 Å². The second kappa shape index (κ2) is 9.33. The van der Waals surface area contributed by atoms with Gasteiger partial charge in [-0.1, -0.05) is 12.1 Å². The summed E-state index contributed by atoms with van der Waals surface area (Å²) in [6.07, 6.45) is -1.07. The fraction of sp³-hybridized carbons (Fsp3) is 0.211. The number of benzene rings is 2. The molecule has 0 saturated carbocycles. The first-order valence-electron chi connectivity index (χ1n) is 8.07.